The Balaban J connectivity index is 3.16. The Bertz CT molecular complexity index is 123. The molecular formula is C2H5NO2S. The van der Waals surface area contributed by atoms with Crippen LogP contribution < -0.4 is 0 Å². The molecule has 0 aromatic rings. The van der Waals surface area contributed by atoms with Crippen LogP contribution in [0.1, 0.15) is 6.92 Å². The van der Waals surface area contributed by atoms with Gasteiger partial charge in [-0.3, -0.25) is 0 Å². The molecule has 0 heterocycles. The molecule has 0 amide bonds. The lowest BCUT2D eigenvalue weighted by molar-refractivity contribution is 0.379. The summed E-state index contributed by atoms with van der Waals surface area (Å²) in [4.78, 5) is 0. The molecule has 0 radical (unpaired) electrons. The quantitative estimate of drug-likeness (QED) is 0.479. The average Bonchev–Trinajstić information content (AvgIpc) is 1.35. The van der Waals surface area contributed by atoms with Crippen LogP contribution >= 0.6 is 0 Å². The van der Waals surface area contributed by atoms with Gasteiger partial charge in [0.05, 0.1) is 6.61 Å². The number of hydrogen-bond donors (Lipinski definition) is 0. The summed E-state index contributed by atoms with van der Waals surface area (Å²) in [7, 11) is -2.07. The minimum atomic E-state index is -2.07. The molecule has 0 atom stereocenters. The van der Waals surface area contributed by atoms with Crippen LogP contribution in [0.15, 0.2) is 0 Å². The van der Waals surface area contributed by atoms with Crippen LogP contribution in [0.3, 0.4) is 0 Å². The Morgan fingerprint density at radius 3 is 2.50 bits per heavy atom. The zero-order valence-corrected chi connectivity index (χ0v) is 4.20. The van der Waals surface area contributed by atoms with Gasteiger partial charge in [0.2, 0.25) is 0 Å². The van der Waals surface area contributed by atoms with Gasteiger partial charge in [-0.25, -0.2) is 4.18 Å². The third kappa shape index (κ3) is 3.69. The van der Waals surface area contributed by atoms with Crippen LogP contribution in [-0.4, -0.2) is 10.8 Å². The van der Waals surface area contributed by atoms with Crippen molar-refractivity contribution < 1.29 is 8.39 Å². The third-order valence-corrected chi connectivity index (χ3v) is 0.656. The number of nitrogens with zero attached hydrogens (tertiary/aromatic N) is 1. The molecule has 0 rings (SSSR count). The van der Waals surface area contributed by atoms with E-state index in [-0.39, 0.29) is 6.61 Å². The first kappa shape index (κ1) is 5.69. The van der Waals surface area contributed by atoms with Crippen LogP contribution in [0, 0.1) is 4.61 Å². The average molecular weight is 107 g/mol. The van der Waals surface area contributed by atoms with E-state index in [2.05, 4.69) is 4.18 Å². The van der Waals surface area contributed by atoms with Crippen molar-refractivity contribution in [3.63, 3.8) is 0 Å². The summed E-state index contributed by atoms with van der Waals surface area (Å²) in [5.41, 5.74) is 0. The smallest absolute Gasteiger partial charge is 0.247 e. The maximum atomic E-state index is 9.49. The van der Waals surface area contributed by atoms with Crippen LogP contribution in [0.25, 0.3) is 0 Å². The maximum absolute atomic E-state index is 9.49. The molecule has 0 aromatic heterocycles. The fraction of sp³-hybridized carbons (Fsp3) is 1.00. The van der Waals surface area contributed by atoms with Gasteiger partial charge in [-0.15, -0.1) is 4.61 Å². The molecular weight excluding hydrogens is 102 g/mol. The summed E-state index contributed by atoms with van der Waals surface area (Å²) in [6.45, 7) is 1.93. The molecule has 0 aliphatic carbocycles. The predicted molar refractivity (Wildman–Crippen MR) is 21.5 cm³/mol. The second kappa shape index (κ2) is 2.90. The molecule has 6 heavy (non-hydrogen) atoms. The van der Waals surface area contributed by atoms with Crippen LogP contribution in [0.2, 0.25) is 0 Å². The summed E-state index contributed by atoms with van der Waals surface area (Å²) in [6, 6.07) is 0. The van der Waals surface area contributed by atoms with Crippen molar-refractivity contribution in [1.82, 2.24) is 0 Å². The molecule has 4 heteroatoms. The molecule has 0 unspecified atom stereocenters. The van der Waals surface area contributed by atoms with Crippen molar-refractivity contribution in [3.8, 4) is 0 Å². The minimum Gasteiger partial charge on any atom is -0.247 e. The Labute approximate surface area is 38.2 Å². The highest BCUT2D eigenvalue weighted by Gasteiger charge is 1.72. The van der Waals surface area contributed by atoms with Gasteiger partial charge in [0.25, 0.3) is 0 Å². The zero-order valence-electron chi connectivity index (χ0n) is 3.38. The van der Waals surface area contributed by atoms with Gasteiger partial charge in [0.15, 0.2) is 0 Å². The standard InChI is InChI=1S/C2H5NO2S/c1-2-5-6(3)4/h2H2,1H3. The van der Waals surface area contributed by atoms with Gasteiger partial charge in [-0.2, -0.15) is 4.21 Å². The Morgan fingerprint density at radius 2 is 2.50 bits per heavy atom. The van der Waals surface area contributed by atoms with Crippen LogP contribution in [0.4, 0.5) is 0 Å². The van der Waals surface area contributed by atoms with E-state index in [0.29, 0.717) is 0 Å². The number of rotatable bonds is 1. The molecule has 0 aliphatic heterocycles. The molecule has 0 bridgehead atoms. The van der Waals surface area contributed by atoms with E-state index in [9.17, 15) is 4.21 Å². The Kier molecular flexibility index (Phi) is 2.75. The molecule has 0 saturated heterocycles. The highest BCUT2D eigenvalue weighted by Crippen LogP contribution is 1.64. The largest absolute Gasteiger partial charge is 0.307 e. The third-order valence-electron chi connectivity index (χ3n) is 0.219. The van der Waals surface area contributed by atoms with Gasteiger partial charge < -0.3 is 0 Å². The van der Waals surface area contributed by atoms with Crippen molar-refractivity contribution in [3.05, 3.63) is 0 Å². The van der Waals surface area contributed by atoms with E-state index in [1.165, 1.54) is 0 Å². The Morgan fingerprint density at radius 1 is 2.00 bits per heavy atom. The highest BCUT2D eigenvalue weighted by molar-refractivity contribution is 7.65. The lowest BCUT2D eigenvalue weighted by atomic mass is 10.9. The van der Waals surface area contributed by atoms with E-state index >= 15 is 0 Å². The van der Waals surface area contributed by atoms with Gasteiger partial charge in [0.1, 0.15) is 0 Å². The van der Waals surface area contributed by atoms with Crippen molar-refractivity contribution in [2.24, 2.45) is 0 Å². The first-order valence-corrected chi connectivity index (χ1v) is 2.54. The predicted octanol–water partition coefficient (Wildman–Crippen LogP) is 0.166. The molecule has 0 saturated carbocycles. The molecule has 0 spiro atoms. The fourth-order valence-corrected chi connectivity index (χ4v) is 0.302. The van der Waals surface area contributed by atoms with Gasteiger partial charge in [-0.05, 0) is 6.92 Å². The van der Waals surface area contributed by atoms with E-state index < -0.39 is 10.7 Å². The molecule has 0 aromatic carbocycles. The maximum Gasteiger partial charge on any atom is 0.307 e. The van der Waals surface area contributed by atoms with Crippen molar-refractivity contribution >= 4 is 10.7 Å². The second-order valence-electron chi connectivity index (χ2n) is 0.624. The zero-order chi connectivity index (χ0) is 4.99. The van der Waals surface area contributed by atoms with Crippen LogP contribution in [0.5, 0.6) is 0 Å². The summed E-state index contributed by atoms with van der Waals surface area (Å²) >= 11 is 0. The minimum absolute atomic E-state index is 0.281. The van der Waals surface area contributed by atoms with Gasteiger partial charge in [-0.1, -0.05) is 0 Å². The molecule has 0 aliphatic rings. The van der Waals surface area contributed by atoms with E-state index in [1.807, 2.05) is 0 Å². The molecule has 3 nitrogen and oxygen atoms in total. The van der Waals surface area contributed by atoms with Gasteiger partial charge >= 0.3 is 10.7 Å². The lowest BCUT2D eigenvalue weighted by Gasteiger charge is -1.73. The topological polar surface area (TPSA) is 50.1 Å². The summed E-state index contributed by atoms with van der Waals surface area (Å²) in [5.74, 6) is 0. The normalized spacial score (nSPS) is 8.00. The van der Waals surface area contributed by atoms with Crippen molar-refractivity contribution in [1.29, 1.82) is 4.61 Å². The summed E-state index contributed by atoms with van der Waals surface area (Å²) in [6.07, 6.45) is 0. The SMILES string of the molecule is CCOS(#N)=O. The van der Waals surface area contributed by atoms with Crippen molar-refractivity contribution in [2.75, 3.05) is 6.61 Å². The lowest BCUT2D eigenvalue weighted by Crippen LogP contribution is -1.79. The second-order valence-corrected chi connectivity index (χ2v) is 1.29. The van der Waals surface area contributed by atoms with Crippen molar-refractivity contribution in [2.45, 2.75) is 6.92 Å². The molecule has 0 fully saturated rings. The first-order valence-electron chi connectivity index (χ1n) is 1.51. The van der Waals surface area contributed by atoms with Crippen LogP contribution in [-0.2, 0) is 14.9 Å². The summed E-state index contributed by atoms with van der Waals surface area (Å²) < 4.78 is 21.4. The summed E-state index contributed by atoms with van der Waals surface area (Å²) in [5, 5.41) is 0. The fourth-order valence-electron chi connectivity index (χ4n) is 0.101. The van der Waals surface area contributed by atoms with E-state index in [0.717, 1.165) is 0 Å². The highest BCUT2D eigenvalue weighted by atomic mass is 32.2. The Hall–Kier alpha value is -0.310. The molecule has 36 valence electrons. The monoisotopic (exact) mass is 107 g/mol. The van der Waals surface area contributed by atoms with E-state index in [1.54, 1.807) is 6.92 Å². The van der Waals surface area contributed by atoms with E-state index in [4.69, 9.17) is 4.61 Å². The number of hydrogen-bond acceptors (Lipinski definition) is 3. The first-order chi connectivity index (χ1) is 2.77. The van der Waals surface area contributed by atoms with Gasteiger partial charge in [0, 0.05) is 0 Å². The molecule has 0 N–H and O–H groups in total.